The van der Waals surface area contributed by atoms with Crippen LogP contribution in [0.4, 0.5) is 14.6 Å². The van der Waals surface area contributed by atoms with Crippen LogP contribution in [0.1, 0.15) is 42.3 Å². The molecule has 140 valence electrons. The Kier molecular flexibility index (Phi) is 4.84. The maximum atomic E-state index is 13.0. The molecule has 1 aliphatic carbocycles. The molecule has 1 aliphatic heterocycles. The van der Waals surface area contributed by atoms with Gasteiger partial charge in [-0.3, -0.25) is 9.47 Å². The Morgan fingerprint density at radius 1 is 1.08 bits per heavy atom. The minimum atomic E-state index is -2.54. The second-order valence-electron chi connectivity index (χ2n) is 7.02. The number of anilines is 1. The van der Waals surface area contributed by atoms with Crippen molar-refractivity contribution in [1.29, 1.82) is 0 Å². The predicted molar refractivity (Wildman–Crippen MR) is 94.4 cm³/mol. The first-order valence-electron chi connectivity index (χ1n) is 9.25. The van der Waals surface area contributed by atoms with Gasteiger partial charge in [-0.15, -0.1) is 0 Å². The molecule has 0 atom stereocenters. The lowest BCUT2D eigenvalue weighted by molar-refractivity contribution is 0.0636. The van der Waals surface area contributed by atoms with E-state index in [-0.39, 0.29) is 0 Å². The molecule has 2 aliphatic rings. The summed E-state index contributed by atoms with van der Waals surface area (Å²) in [6, 6.07) is 0. The predicted octanol–water partition coefficient (Wildman–Crippen LogP) is 2.58. The number of aryl methyl sites for hydroxylation is 2. The van der Waals surface area contributed by atoms with Gasteiger partial charge in [0.15, 0.2) is 0 Å². The third kappa shape index (κ3) is 3.42. The number of alkyl halides is 2. The molecular weight excluding hydrogens is 338 g/mol. The maximum Gasteiger partial charge on any atom is 0.319 e. The van der Waals surface area contributed by atoms with Gasteiger partial charge in [-0.05, 0) is 32.6 Å². The molecule has 6 nitrogen and oxygen atoms in total. The average Bonchev–Trinajstić information content (AvgIpc) is 3.10. The van der Waals surface area contributed by atoms with Crippen molar-refractivity contribution in [2.24, 2.45) is 0 Å². The topological polar surface area (TPSA) is 50.1 Å². The summed E-state index contributed by atoms with van der Waals surface area (Å²) in [6.07, 6.45) is 7.27. The van der Waals surface area contributed by atoms with Crippen LogP contribution in [0.5, 0.6) is 0 Å². The molecule has 0 amide bonds. The van der Waals surface area contributed by atoms with Gasteiger partial charge in [0.05, 0.1) is 6.54 Å². The summed E-state index contributed by atoms with van der Waals surface area (Å²) in [6.45, 7) is 3.19. The number of imidazole rings is 1. The van der Waals surface area contributed by atoms with Crippen molar-refractivity contribution >= 4 is 5.82 Å². The third-order valence-corrected chi connectivity index (χ3v) is 5.27. The number of hydrogen-bond donors (Lipinski definition) is 0. The normalized spacial score (nSPS) is 18.4. The first kappa shape index (κ1) is 17.3. The van der Waals surface area contributed by atoms with E-state index < -0.39 is 6.55 Å². The lowest BCUT2D eigenvalue weighted by Gasteiger charge is -2.36. The van der Waals surface area contributed by atoms with E-state index in [1.807, 2.05) is 6.92 Å². The minimum Gasteiger partial charge on any atom is -0.354 e. The summed E-state index contributed by atoms with van der Waals surface area (Å²) in [5.74, 6) is 2.34. The van der Waals surface area contributed by atoms with Crippen LogP contribution in [-0.2, 0) is 19.4 Å². The standard InChI is InChI=1S/C18H24F2N6/c1-13-22-15-5-3-2-4-14(15)17(23-13)25-10-8-24(9-11-25)12-16-21-6-7-26(16)18(19)20/h6-7,18H,2-5,8-12H2,1H3. The third-order valence-electron chi connectivity index (χ3n) is 5.27. The molecule has 0 unspecified atom stereocenters. The number of halogens is 2. The van der Waals surface area contributed by atoms with E-state index in [1.54, 1.807) is 0 Å². The number of piperazine rings is 1. The zero-order chi connectivity index (χ0) is 18.1. The van der Waals surface area contributed by atoms with Crippen molar-refractivity contribution in [1.82, 2.24) is 24.4 Å². The Balaban J connectivity index is 1.44. The summed E-state index contributed by atoms with van der Waals surface area (Å²) < 4.78 is 26.9. The second kappa shape index (κ2) is 7.26. The van der Waals surface area contributed by atoms with Crippen LogP contribution in [0.3, 0.4) is 0 Å². The van der Waals surface area contributed by atoms with Gasteiger partial charge in [0.1, 0.15) is 17.5 Å². The highest BCUT2D eigenvalue weighted by atomic mass is 19.3. The van der Waals surface area contributed by atoms with Crippen LogP contribution >= 0.6 is 0 Å². The molecule has 2 aromatic rings. The van der Waals surface area contributed by atoms with Crippen LogP contribution in [0.25, 0.3) is 0 Å². The highest BCUT2D eigenvalue weighted by Crippen LogP contribution is 2.28. The summed E-state index contributed by atoms with van der Waals surface area (Å²) in [5.41, 5.74) is 2.52. The zero-order valence-corrected chi connectivity index (χ0v) is 15.0. The Bertz CT molecular complexity index is 767. The highest BCUT2D eigenvalue weighted by molar-refractivity contribution is 5.50. The summed E-state index contributed by atoms with van der Waals surface area (Å²) >= 11 is 0. The van der Waals surface area contributed by atoms with Gasteiger partial charge in [-0.1, -0.05) is 0 Å². The van der Waals surface area contributed by atoms with Crippen LogP contribution in [-0.4, -0.2) is 50.6 Å². The van der Waals surface area contributed by atoms with Gasteiger partial charge in [0, 0.05) is 49.8 Å². The molecule has 8 heteroatoms. The molecule has 3 heterocycles. The Labute approximate surface area is 151 Å². The molecule has 26 heavy (non-hydrogen) atoms. The van der Waals surface area contributed by atoms with Crippen LogP contribution in [0.15, 0.2) is 12.4 Å². The van der Waals surface area contributed by atoms with E-state index in [0.29, 0.717) is 12.4 Å². The fourth-order valence-corrected chi connectivity index (χ4v) is 3.92. The minimum absolute atomic E-state index is 0.420. The molecule has 4 rings (SSSR count). The Morgan fingerprint density at radius 2 is 1.85 bits per heavy atom. The van der Waals surface area contributed by atoms with Crippen molar-refractivity contribution in [3.05, 3.63) is 35.3 Å². The first-order chi connectivity index (χ1) is 12.6. The van der Waals surface area contributed by atoms with Crippen molar-refractivity contribution in [2.75, 3.05) is 31.1 Å². The monoisotopic (exact) mass is 362 g/mol. The van der Waals surface area contributed by atoms with E-state index >= 15 is 0 Å². The molecule has 0 spiro atoms. The molecule has 0 saturated carbocycles. The molecule has 1 fully saturated rings. The fourth-order valence-electron chi connectivity index (χ4n) is 3.92. The number of aromatic nitrogens is 4. The number of hydrogen-bond acceptors (Lipinski definition) is 5. The van der Waals surface area contributed by atoms with E-state index in [1.165, 1.54) is 36.5 Å². The fraction of sp³-hybridized carbons (Fsp3) is 0.611. The van der Waals surface area contributed by atoms with E-state index in [9.17, 15) is 8.78 Å². The first-order valence-corrected chi connectivity index (χ1v) is 9.25. The summed E-state index contributed by atoms with van der Waals surface area (Å²) in [7, 11) is 0. The van der Waals surface area contributed by atoms with Gasteiger partial charge in [0.2, 0.25) is 0 Å². The smallest absolute Gasteiger partial charge is 0.319 e. The van der Waals surface area contributed by atoms with Gasteiger partial charge in [0.25, 0.3) is 0 Å². The molecule has 0 aromatic carbocycles. The highest BCUT2D eigenvalue weighted by Gasteiger charge is 2.25. The van der Waals surface area contributed by atoms with E-state index in [0.717, 1.165) is 55.2 Å². The lowest BCUT2D eigenvalue weighted by atomic mass is 9.96. The van der Waals surface area contributed by atoms with Crippen LogP contribution in [0, 0.1) is 6.92 Å². The van der Waals surface area contributed by atoms with E-state index in [2.05, 4.69) is 19.8 Å². The van der Waals surface area contributed by atoms with Gasteiger partial charge in [-0.25, -0.2) is 15.0 Å². The molecule has 2 aromatic heterocycles. The molecule has 1 saturated heterocycles. The molecular formula is C18H24F2N6. The SMILES string of the molecule is Cc1nc2c(c(N3CCN(Cc4nccn4C(F)F)CC3)n1)CCCC2. The Hall–Kier alpha value is -2.09. The maximum absolute atomic E-state index is 13.0. The van der Waals surface area contributed by atoms with Crippen molar-refractivity contribution in [3.63, 3.8) is 0 Å². The van der Waals surface area contributed by atoms with Gasteiger partial charge < -0.3 is 4.90 Å². The largest absolute Gasteiger partial charge is 0.354 e. The summed E-state index contributed by atoms with van der Waals surface area (Å²) in [4.78, 5) is 18.0. The lowest BCUT2D eigenvalue weighted by Crippen LogP contribution is -2.47. The average molecular weight is 362 g/mol. The number of rotatable bonds is 4. The molecule has 0 N–H and O–H groups in total. The number of fused-ring (bicyclic) bond motifs is 1. The van der Waals surface area contributed by atoms with Crippen molar-refractivity contribution in [3.8, 4) is 0 Å². The van der Waals surface area contributed by atoms with Crippen molar-refractivity contribution in [2.45, 2.75) is 45.7 Å². The van der Waals surface area contributed by atoms with Crippen LogP contribution in [0.2, 0.25) is 0 Å². The van der Waals surface area contributed by atoms with E-state index in [4.69, 9.17) is 4.98 Å². The van der Waals surface area contributed by atoms with Gasteiger partial charge >= 0.3 is 6.55 Å². The molecule has 0 bridgehead atoms. The quantitative estimate of drug-likeness (QED) is 0.837. The number of nitrogens with zero attached hydrogens (tertiary/aromatic N) is 6. The van der Waals surface area contributed by atoms with Crippen LogP contribution < -0.4 is 4.90 Å². The molecule has 0 radical (unpaired) electrons. The van der Waals surface area contributed by atoms with Crippen molar-refractivity contribution < 1.29 is 8.78 Å². The summed E-state index contributed by atoms with van der Waals surface area (Å²) in [5, 5.41) is 0. The second-order valence-corrected chi connectivity index (χ2v) is 7.02. The zero-order valence-electron chi connectivity index (χ0n) is 15.0. The van der Waals surface area contributed by atoms with Gasteiger partial charge in [-0.2, -0.15) is 8.78 Å². The Morgan fingerprint density at radius 3 is 2.62 bits per heavy atom.